The first-order valence-electron chi connectivity index (χ1n) is 15.4. The molecule has 10 heteroatoms. The van der Waals surface area contributed by atoms with Crippen molar-refractivity contribution in [2.75, 3.05) is 5.32 Å². The Morgan fingerprint density at radius 3 is 2.78 bits per heavy atom. The van der Waals surface area contributed by atoms with Crippen LogP contribution in [0.1, 0.15) is 48.2 Å². The van der Waals surface area contributed by atoms with Crippen LogP contribution in [0.15, 0.2) is 75.8 Å². The molecule has 0 fully saturated rings. The zero-order valence-corrected chi connectivity index (χ0v) is 24.6. The number of oxazole rings is 2. The third kappa shape index (κ3) is 3.18. The first kappa shape index (κ1) is 25.4. The molecule has 4 aliphatic rings. The van der Waals surface area contributed by atoms with Gasteiger partial charge in [-0.2, -0.15) is 0 Å². The van der Waals surface area contributed by atoms with E-state index >= 15 is 0 Å². The lowest BCUT2D eigenvalue weighted by atomic mass is 9.72. The van der Waals surface area contributed by atoms with Crippen molar-refractivity contribution in [1.82, 2.24) is 20.3 Å². The van der Waals surface area contributed by atoms with Gasteiger partial charge in [-0.3, -0.25) is 5.32 Å². The van der Waals surface area contributed by atoms with E-state index in [0.717, 1.165) is 55.7 Å². The molecule has 10 nitrogen and oxygen atoms in total. The van der Waals surface area contributed by atoms with Gasteiger partial charge in [-0.25, -0.2) is 9.97 Å². The van der Waals surface area contributed by atoms with Crippen LogP contribution < -0.4 is 21.1 Å². The third-order valence-corrected chi connectivity index (χ3v) is 10.0. The van der Waals surface area contributed by atoms with Crippen molar-refractivity contribution in [1.29, 1.82) is 0 Å². The fourth-order valence-electron chi connectivity index (χ4n) is 7.89. The van der Waals surface area contributed by atoms with E-state index < -0.39 is 30.0 Å². The highest BCUT2D eigenvalue weighted by molar-refractivity contribution is 6.07. The Bertz CT molecular complexity index is 2200. The van der Waals surface area contributed by atoms with Gasteiger partial charge >= 0.3 is 0 Å². The highest BCUT2D eigenvalue weighted by atomic mass is 16.5. The van der Waals surface area contributed by atoms with Crippen molar-refractivity contribution in [2.45, 2.75) is 50.2 Å². The molecule has 10 bridgehead atoms. The van der Waals surface area contributed by atoms with E-state index in [1.807, 2.05) is 18.3 Å². The molecule has 224 valence electrons. The van der Waals surface area contributed by atoms with Crippen molar-refractivity contribution in [3.05, 3.63) is 95.3 Å². The molecule has 1 spiro atoms. The van der Waals surface area contributed by atoms with Crippen LogP contribution in [0.2, 0.25) is 0 Å². The molecule has 0 saturated carbocycles. The average Bonchev–Trinajstić information content (AvgIpc) is 3.84. The number of nitrogens with one attached hydrogen (secondary N) is 3. The van der Waals surface area contributed by atoms with Crippen LogP contribution in [0, 0.1) is 5.92 Å². The van der Waals surface area contributed by atoms with Gasteiger partial charge < -0.3 is 34.7 Å². The van der Waals surface area contributed by atoms with Crippen LogP contribution in [0.25, 0.3) is 44.9 Å². The lowest BCUT2D eigenvalue weighted by Crippen LogP contribution is -2.48. The van der Waals surface area contributed by atoms with E-state index in [9.17, 15) is 5.11 Å². The Kier molecular flexibility index (Phi) is 4.88. The number of anilines is 1. The van der Waals surface area contributed by atoms with Gasteiger partial charge in [-0.1, -0.05) is 56.3 Å². The van der Waals surface area contributed by atoms with Crippen LogP contribution in [0.5, 0.6) is 5.75 Å². The first-order chi connectivity index (χ1) is 21.9. The Morgan fingerprint density at radius 1 is 1.02 bits per heavy atom. The van der Waals surface area contributed by atoms with E-state index in [1.165, 1.54) is 0 Å². The predicted molar refractivity (Wildman–Crippen MR) is 167 cm³/mol. The molecule has 6 aromatic rings. The highest BCUT2D eigenvalue weighted by Gasteiger charge is 2.61. The number of nitrogens with zero attached hydrogens (tertiary/aromatic N) is 2. The molecule has 4 unspecified atom stereocenters. The summed E-state index contributed by atoms with van der Waals surface area (Å²) in [4.78, 5) is 13.3. The van der Waals surface area contributed by atoms with Crippen molar-refractivity contribution in [2.24, 2.45) is 11.7 Å². The summed E-state index contributed by atoms with van der Waals surface area (Å²) in [6.07, 6.45) is 2.66. The monoisotopic (exact) mass is 598 g/mol. The predicted octanol–water partition coefficient (Wildman–Crippen LogP) is 5.43. The third-order valence-electron chi connectivity index (χ3n) is 10.0. The first-order valence-corrected chi connectivity index (χ1v) is 15.4. The van der Waals surface area contributed by atoms with Gasteiger partial charge in [0.1, 0.15) is 17.4 Å². The molecule has 0 radical (unpaired) electrons. The fourth-order valence-corrected chi connectivity index (χ4v) is 7.89. The molecule has 10 rings (SSSR count). The minimum Gasteiger partial charge on any atom is -0.469 e. The topological polar surface area (TPSA) is 147 Å². The molecule has 4 aliphatic heterocycles. The number of para-hydroxylation sites is 1. The fraction of sp³-hybridized carbons (Fsp3) is 0.257. The van der Waals surface area contributed by atoms with Crippen LogP contribution in [-0.2, 0) is 11.8 Å². The van der Waals surface area contributed by atoms with Crippen molar-refractivity contribution >= 4 is 16.6 Å². The molecule has 6 N–H and O–H groups in total. The second-order valence-corrected chi connectivity index (χ2v) is 12.9. The molecule has 0 amide bonds. The molecule has 45 heavy (non-hydrogen) atoms. The number of H-pyrrole nitrogens is 1. The number of aliphatic hydroxyl groups is 1. The van der Waals surface area contributed by atoms with E-state index in [0.29, 0.717) is 35.4 Å². The van der Waals surface area contributed by atoms with Gasteiger partial charge in [-0.05, 0) is 35.6 Å². The zero-order valence-electron chi connectivity index (χ0n) is 24.6. The number of hydrogen-bond acceptors (Lipinski definition) is 9. The molecular weight excluding hydrogens is 568 g/mol. The van der Waals surface area contributed by atoms with E-state index in [1.54, 1.807) is 6.20 Å². The summed E-state index contributed by atoms with van der Waals surface area (Å²) >= 11 is 0. The summed E-state index contributed by atoms with van der Waals surface area (Å²) in [5.74, 6) is 2.73. The van der Waals surface area contributed by atoms with Crippen LogP contribution >= 0.6 is 0 Å². The molecule has 5 atom stereocenters. The maximum atomic E-state index is 11.2. The highest BCUT2D eigenvalue weighted by Crippen LogP contribution is 2.61. The summed E-state index contributed by atoms with van der Waals surface area (Å²) in [5.41, 5.74) is 14.1. The second kappa shape index (κ2) is 8.63. The van der Waals surface area contributed by atoms with Crippen molar-refractivity contribution < 1.29 is 18.7 Å². The number of fused-ring (bicyclic) bond motifs is 7. The molecule has 3 aromatic carbocycles. The number of nitrogens with two attached hydrogens (primary N) is 1. The van der Waals surface area contributed by atoms with Crippen molar-refractivity contribution in [3.63, 3.8) is 0 Å². The minimum atomic E-state index is -0.991. The van der Waals surface area contributed by atoms with E-state index in [-0.39, 0.29) is 5.92 Å². The van der Waals surface area contributed by atoms with E-state index in [2.05, 4.69) is 71.9 Å². The summed E-state index contributed by atoms with van der Waals surface area (Å²) in [7, 11) is 0. The Morgan fingerprint density at radius 2 is 1.89 bits per heavy atom. The lowest BCUT2D eigenvalue weighted by molar-refractivity contribution is 0.0796. The Hall–Kier alpha value is -4.90. The van der Waals surface area contributed by atoms with Crippen molar-refractivity contribution in [3.8, 4) is 39.8 Å². The van der Waals surface area contributed by atoms with Gasteiger partial charge in [-0.15, -0.1) is 0 Å². The minimum absolute atomic E-state index is 0.0149. The molecular formula is C35H30N6O4. The smallest absolute Gasteiger partial charge is 0.249 e. The van der Waals surface area contributed by atoms with Crippen LogP contribution in [0.3, 0.4) is 0 Å². The Labute approximate surface area is 257 Å². The van der Waals surface area contributed by atoms with Gasteiger partial charge in [0.05, 0.1) is 12.2 Å². The standard InChI is InChI=1S/C35H30N6O4/c1-15(2)27-33-40-29-30(45-33)35-20-7-3-6-18(17-5-4-8-23-26(17)19(13-37-23)25-14-38-32(29)43-25)28(20)41-34(35)44-24-10-9-16(11-21(24)35)12-22(36)31(42)39-27/h3-11,13-15,22,27,31,34,37,39,41-42H,12,36H2,1-2H3/t22-,27?,31?,34?,35?/m0/s1. The number of benzene rings is 3. The number of aromatic amines is 1. The van der Waals surface area contributed by atoms with Gasteiger partial charge in [0, 0.05) is 51.1 Å². The summed E-state index contributed by atoms with van der Waals surface area (Å²) in [6.45, 7) is 4.12. The second-order valence-electron chi connectivity index (χ2n) is 12.9. The number of rotatable bonds is 1. The Balaban J connectivity index is 1.38. The normalized spacial score (nSPS) is 25.4. The summed E-state index contributed by atoms with van der Waals surface area (Å²) < 4.78 is 20.3. The van der Waals surface area contributed by atoms with Gasteiger partial charge in [0.15, 0.2) is 23.4 Å². The number of hydrogen-bond donors (Lipinski definition) is 5. The van der Waals surface area contributed by atoms with E-state index in [4.69, 9.17) is 29.3 Å². The molecule has 0 saturated heterocycles. The number of aliphatic hydroxyl groups excluding tert-OH is 1. The average molecular weight is 599 g/mol. The van der Waals surface area contributed by atoms with Crippen LogP contribution in [0.4, 0.5) is 5.69 Å². The van der Waals surface area contributed by atoms with Gasteiger partial charge in [0.2, 0.25) is 11.8 Å². The molecule has 7 heterocycles. The van der Waals surface area contributed by atoms with Crippen LogP contribution in [-0.4, -0.2) is 38.6 Å². The quantitative estimate of drug-likeness (QED) is 0.167. The zero-order chi connectivity index (χ0) is 30.2. The summed E-state index contributed by atoms with van der Waals surface area (Å²) in [6, 6.07) is 17.8. The lowest BCUT2D eigenvalue weighted by Gasteiger charge is -2.29. The maximum absolute atomic E-state index is 11.2. The largest absolute Gasteiger partial charge is 0.469 e. The molecule has 0 aliphatic carbocycles. The maximum Gasteiger partial charge on any atom is 0.249 e. The summed E-state index contributed by atoms with van der Waals surface area (Å²) in [5, 5.41) is 19.4. The number of aromatic nitrogens is 3. The van der Waals surface area contributed by atoms with Gasteiger partial charge in [0.25, 0.3) is 0 Å². The molecule has 3 aromatic heterocycles. The number of ether oxygens (including phenoxy) is 1. The SMILES string of the molecule is CC(C)C1NC(O)[C@@H](N)Cc2ccc3c(c2)C24c5cccc(c5NC2O3)-c2cccc3[nH]cc(c23)-c2cnc(o2)-c2nc1oc24.